The quantitative estimate of drug-likeness (QED) is 0.160. The number of rotatable bonds is 7. The highest BCUT2D eigenvalue weighted by Crippen LogP contribution is 2.34. The van der Waals surface area contributed by atoms with Gasteiger partial charge in [0.15, 0.2) is 23.3 Å². The summed E-state index contributed by atoms with van der Waals surface area (Å²) in [5.74, 6) is -4.33. The summed E-state index contributed by atoms with van der Waals surface area (Å²) in [7, 11) is 0. The summed E-state index contributed by atoms with van der Waals surface area (Å²) in [6.07, 6.45) is 4.29. The van der Waals surface area contributed by atoms with E-state index in [1.807, 2.05) is 17.3 Å². The molecule has 0 heterocycles. The van der Waals surface area contributed by atoms with Crippen molar-refractivity contribution in [2.75, 3.05) is 0 Å². The number of aliphatic imine (C=N–C) groups is 1. The highest BCUT2D eigenvalue weighted by molar-refractivity contribution is 7.78. The van der Waals surface area contributed by atoms with Gasteiger partial charge >= 0.3 is 0 Å². The van der Waals surface area contributed by atoms with Crippen molar-refractivity contribution in [3.05, 3.63) is 77.4 Å². The smallest absolute Gasteiger partial charge is 0.167 e. The van der Waals surface area contributed by atoms with E-state index in [4.69, 9.17) is 0 Å². The molecule has 3 rings (SSSR count). The second-order valence-corrected chi connectivity index (χ2v) is 7.12. The van der Waals surface area contributed by atoms with Crippen LogP contribution in [0, 0.1) is 23.3 Å². The summed E-state index contributed by atoms with van der Waals surface area (Å²) in [5.41, 5.74) is 0.741. The van der Waals surface area contributed by atoms with Crippen LogP contribution in [0.3, 0.4) is 0 Å². The normalized spacial score (nSPS) is 10.7. The number of nitrogens with zero attached hydrogens (tertiary/aromatic N) is 1. The first-order chi connectivity index (χ1) is 14.5. The van der Waals surface area contributed by atoms with Crippen LogP contribution < -0.4 is 0 Å². The van der Waals surface area contributed by atoms with Gasteiger partial charge in [-0.3, -0.25) is 0 Å². The van der Waals surface area contributed by atoms with Gasteiger partial charge in [-0.15, -0.1) is 0 Å². The monoisotopic (exact) mass is 429 g/mol. The molecule has 154 valence electrons. The van der Waals surface area contributed by atoms with E-state index in [-0.39, 0.29) is 16.7 Å². The molecule has 0 N–H and O–H groups in total. The highest BCUT2D eigenvalue weighted by Gasteiger charge is 2.19. The van der Waals surface area contributed by atoms with Crippen LogP contribution in [0.2, 0.25) is 0 Å². The van der Waals surface area contributed by atoms with Gasteiger partial charge in [0.1, 0.15) is 5.69 Å². The minimum absolute atomic E-state index is 0.0826. The molecular formula is C24H19F4NS. The standard InChI is InChI=1S/C24H19F4NS/c1-2-3-4-5-15-6-8-16(9-7-15)18-10-11-19(23(28)22(18)27)17-12-20(25)24(29-14-30)21(26)13-17/h6-13H,2-5H2,1H3. The fraction of sp³-hybridized carbons (Fsp3) is 0.208. The van der Waals surface area contributed by atoms with Gasteiger partial charge in [0.05, 0.1) is 5.16 Å². The van der Waals surface area contributed by atoms with Gasteiger partial charge in [0.25, 0.3) is 0 Å². The summed E-state index contributed by atoms with van der Waals surface area (Å²) in [6.45, 7) is 2.13. The van der Waals surface area contributed by atoms with Crippen LogP contribution in [-0.2, 0) is 6.42 Å². The lowest BCUT2D eigenvalue weighted by Gasteiger charge is -2.11. The fourth-order valence-electron chi connectivity index (χ4n) is 3.30. The first-order valence-corrected chi connectivity index (χ1v) is 10.0. The Balaban J connectivity index is 1.94. The van der Waals surface area contributed by atoms with E-state index in [9.17, 15) is 17.6 Å². The number of hydrogen-bond donors (Lipinski definition) is 0. The van der Waals surface area contributed by atoms with E-state index in [0.29, 0.717) is 5.56 Å². The molecular weight excluding hydrogens is 410 g/mol. The number of unbranched alkanes of at least 4 members (excludes halogenated alkanes) is 2. The molecule has 0 spiro atoms. The van der Waals surface area contributed by atoms with Crippen LogP contribution in [0.4, 0.5) is 23.2 Å². The van der Waals surface area contributed by atoms with Gasteiger partial charge in [-0.05, 0) is 53.9 Å². The maximum atomic E-state index is 14.8. The lowest BCUT2D eigenvalue weighted by Crippen LogP contribution is -1.96. The molecule has 0 fully saturated rings. The summed E-state index contributed by atoms with van der Waals surface area (Å²) in [6, 6.07) is 11.8. The number of benzene rings is 3. The van der Waals surface area contributed by atoms with Gasteiger partial charge in [-0.2, -0.15) is 4.99 Å². The molecule has 0 amide bonds. The van der Waals surface area contributed by atoms with Gasteiger partial charge in [-0.1, -0.05) is 56.2 Å². The number of isothiocyanates is 1. The lowest BCUT2D eigenvalue weighted by molar-refractivity contribution is 0.513. The van der Waals surface area contributed by atoms with E-state index in [2.05, 4.69) is 24.1 Å². The van der Waals surface area contributed by atoms with E-state index < -0.39 is 29.0 Å². The predicted octanol–water partition coefficient (Wildman–Crippen LogP) is 8.04. The first kappa shape index (κ1) is 21.9. The third kappa shape index (κ3) is 4.66. The van der Waals surface area contributed by atoms with Crippen molar-refractivity contribution in [3.8, 4) is 22.3 Å². The third-order valence-corrected chi connectivity index (χ3v) is 4.99. The van der Waals surface area contributed by atoms with E-state index in [1.54, 1.807) is 12.1 Å². The minimum atomic E-state index is -1.18. The topological polar surface area (TPSA) is 12.4 Å². The lowest BCUT2D eigenvalue weighted by atomic mass is 9.97. The van der Waals surface area contributed by atoms with Crippen molar-refractivity contribution >= 4 is 23.1 Å². The Morgan fingerprint density at radius 2 is 1.37 bits per heavy atom. The van der Waals surface area contributed by atoms with Crippen LogP contribution in [0.1, 0.15) is 31.7 Å². The average Bonchev–Trinajstić information content (AvgIpc) is 2.73. The second kappa shape index (κ2) is 9.79. The van der Waals surface area contributed by atoms with Crippen molar-refractivity contribution < 1.29 is 17.6 Å². The van der Waals surface area contributed by atoms with Gasteiger partial charge in [0.2, 0.25) is 0 Å². The van der Waals surface area contributed by atoms with Crippen molar-refractivity contribution in [1.29, 1.82) is 0 Å². The largest absolute Gasteiger partial charge is 0.204 e. The molecule has 0 bridgehead atoms. The Labute approximate surface area is 178 Å². The molecule has 3 aromatic rings. The molecule has 0 unspecified atom stereocenters. The highest BCUT2D eigenvalue weighted by atomic mass is 32.1. The second-order valence-electron chi connectivity index (χ2n) is 6.93. The summed E-state index contributed by atoms with van der Waals surface area (Å²) < 4.78 is 57.7. The van der Waals surface area contributed by atoms with E-state index in [0.717, 1.165) is 43.4 Å². The fourth-order valence-corrected chi connectivity index (χ4v) is 3.39. The summed E-state index contributed by atoms with van der Waals surface area (Å²) in [5, 5.41) is 1.88. The van der Waals surface area contributed by atoms with E-state index in [1.165, 1.54) is 12.1 Å². The van der Waals surface area contributed by atoms with Crippen LogP contribution in [0.25, 0.3) is 22.3 Å². The average molecular weight is 429 g/mol. The van der Waals surface area contributed by atoms with Crippen molar-refractivity contribution in [2.24, 2.45) is 4.99 Å². The van der Waals surface area contributed by atoms with Crippen LogP contribution in [0.5, 0.6) is 0 Å². The molecule has 30 heavy (non-hydrogen) atoms. The minimum Gasteiger partial charge on any atom is -0.204 e. The Hall–Kier alpha value is -2.82. The molecule has 6 heteroatoms. The maximum Gasteiger partial charge on any atom is 0.167 e. The Kier molecular flexibility index (Phi) is 7.14. The number of aryl methyl sites for hydroxylation is 1. The molecule has 0 aliphatic rings. The molecule has 0 radical (unpaired) electrons. The van der Waals surface area contributed by atoms with E-state index >= 15 is 0 Å². The summed E-state index contributed by atoms with van der Waals surface area (Å²) in [4.78, 5) is 3.31. The van der Waals surface area contributed by atoms with Gasteiger partial charge in [0, 0.05) is 11.1 Å². The molecule has 0 saturated heterocycles. The van der Waals surface area contributed by atoms with Crippen molar-refractivity contribution in [1.82, 2.24) is 0 Å². The third-order valence-electron chi connectivity index (χ3n) is 4.90. The van der Waals surface area contributed by atoms with Gasteiger partial charge < -0.3 is 0 Å². The zero-order valence-electron chi connectivity index (χ0n) is 16.3. The van der Waals surface area contributed by atoms with Crippen molar-refractivity contribution in [2.45, 2.75) is 32.6 Å². The predicted molar refractivity (Wildman–Crippen MR) is 115 cm³/mol. The Morgan fingerprint density at radius 3 is 1.90 bits per heavy atom. The van der Waals surface area contributed by atoms with Crippen LogP contribution >= 0.6 is 12.2 Å². The van der Waals surface area contributed by atoms with Crippen molar-refractivity contribution in [3.63, 3.8) is 0 Å². The molecule has 0 atom stereocenters. The number of thiocarbonyl (C=S) groups is 1. The Bertz CT molecular complexity index is 1080. The number of halogens is 4. The maximum absolute atomic E-state index is 14.8. The zero-order chi connectivity index (χ0) is 21.7. The summed E-state index contributed by atoms with van der Waals surface area (Å²) >= 11 is 4.35. The molecule has 0 aliphatic heterocycles. The van der Waals surface area contributed by atoms with Gasteiger partial charge in [-0.25, -0.2) is 17.6 Å². The zero-order valence-corrected chi connectivity index (χ0v) is 17.1. The molecule has 3 aromatic carbocycles. The molecule has 0 aromatic heterocycles. The molecule has 1 nitrogen and oxygen atoms in total. The molecule has 0 saturated carbocycles. The number of hydrogen-bond acceptors (Lipinski definition) is 2. The SMILES string of the molecule is CCCCCc1ccc(-c2ccc(-c3cc(F)c(N=C=S)c(F)c3)c(F)c2F)cc1. The Morgan fingerprint density at radius 1 is 0.800 bits per heavy atom. The van der Waals surface area contributed by atoms with Crippen LogP contribution in [-0.4, -0.2) is 5.16 Å². The van der Waals surface area contributed by atoms with Crippen LogP contribution in [0.15, 0.2) is 53.5 Å². The molecule has 0 aliphatic carbocycles. The first-order valence-electron chi connectivity index (χ1n) is 9.60.